The predicted molar refractivity (Wildman–Crippen MR) is 165 cm³/mol. The van der Waals surface area contributed by atoms with Crippen LogP contribution >= 0.6 is 11.6 Å². The van der Waals surface area contributed by atoms with Crippen LogP contribution in [0.25, 0.3) is 21.9 Å². The molecular weight excluding hydrogens is 534 g/mol. The molecule has 0 amide bonds. The van der Waals surface area contributed by atoms with Crippen molar-refractivity contribution < 1.29 is 14.6 Å². The van der Waals surface area contributed by atoms with E-state index >= 15 is 0 Å². The summed E-state index contributed by atoms with van der Waals surface area (Å²) >= 11 is 6.16. The Hall–Kier alpha value is -3.90. The highest BCUT2D eigenvalue weighted by Gasteiger charge is 2.32. The van der Waals surface area contributed by atoms with Gasteiger partial charge in [0.2, 0.25) is 0 Å². The molecule has 2 aromatic carbocycles. The first-order valence-corrected chi connectivity index (χ1v) is 14.2. The van der Waals surface area contributed by atoms with Crippen molar-refractivity contribution in [1.82, 2.24) is 14.5 Å². The van der Waals surface area contributed by atoms with Gasteiger partial charge in [-0.3, -0.25) is 4.79 Å². The number of fused-ring (bicyclic) bond motifs is 2. The Morgan fingerprint density at radius 2 is 1.71 bits per heavy atom. The van der Waals surface area contributed by atoms with Gasteiger partial charge in [-0.15, -0.1) is 0 Å². The molecule has 0 aliphatic rings. The fourth-order valence-electron chi connectivity index (χ4n) is 5.11. The largest absolute Gasteiger partial charge is 0.486 e. The number of nitrogens with zero attached hydrogens (tertiary/aromatic N) is 3. The molecule has 0 bridgehead atoms. The van der Waals surface area contributed by atoms with E-state index in [0.29, 0.717) is 30.3 Å². The topological polar surface area (TPSA) is 77.2 Å². The van der Waals surface area contributed by atoms with Crippen molar-refractivity contribution in [1.29, 1.82) is 0 Å². The summed E-state index contributed by atoms with van der Waals surface area (Å²) in [7, 11) is 0. The zero-order valence-corrected chi connectivity index (χ0v) is 25.0. The number of benzene rings is 2. The summed E-state index contributed by atoms with van der Waals surface area (Å²) in [5.41, 5.74) is 4.74. The second-order valence-corrected chi connectivity index (χ2v) is 13.0. The molecule has 0 atom stereocenters. The third-order valence-corrected chi connectivity index (χ3v) is 7.54. The van der Waals surface area contributed by atoms with Gasteiger partial charge in [-0.25, -0.2) is 9.97 Å². The number of para-hydroxylation sites is 1. The molecular formula is C34H36ClN3O3. The van der Waals surface area contributed by atoms with E-state index in [0.717, 1.165) is 50.9 Å². The number of carbonyl (C=O) groups is 1. The molecule has 7 heteroatoms. The van der Waals surface area contributed by atoms with E-state index in [1.54, 1.807) is 20.0 Å². The summed E-state index contributed by atoms with van der Waals surface area (Å²) < 4.78 is 8.38. The summed E-state index contributed by atoms with van der Waals surface area (Å²) in [6.07, 6.45) is 2.88. The number of carboxylic acids is 1. The highest BCUT2D eigenvalue weighted by Crippen LogP contribution is 2.37. The number of carboxylic acid groups (broad SMARTS) is 1. The lowest BCUT2D eigenvalue weighted by molar-refractivity contribution is -0.146. The second-order valence-electron chi connectivity index (χ2n) is 12.6. The smallest absolute Gasteiger partial charge is 0.309 e. The molecule has 1 N–H and O–H groups in total. The number of aromatic nitrogens is 3. The lowest BCUT2D eigenvalue weighted by Gasteiger charge is -2.24. The third kappa shape index (κ3) is 6.54. The monoisotopic (exact) mass is 569 g/mol. The van der Waals surface area contributed by atoms with Gasteiger partial charge in [0.25, 0.3) is 0 Å². The fraction of sp³-hybridized carbons (Fsp3) is 0.324. The molecule has 5 aromatic rings. The first kappa shape index (κ1) is 28.6. The van der Waals surface area contributed by atoms with Gasteiger partial charge in [0, 0.05) is 34.5 Å². The molecule has 212 valence electrons. The van der Waals surface area contributed by atoms with Crippen LogP contribution in [0.15, 0.2) is 72.9 Å². The maximum Gasteiger partial charge on any atom is 0.309 e. The summed E-state index contributed by atoms with van der Waals surface area (Å²) in [6.45, 7) is 11.0. The molecule has 0 fully saturated rings. The van der Waals surface area contributed by atoms with Gasteiger partial charge in [-0.1, -0.05) is 68.8 Å². The quantitative estimate of drug-likeness (QED) is 0.194. The second kappa shape index (κ2) is 11.2. The molecule has 0 saturated carbocycles. The molecule has 3 heterocycles. The summed E-state index contributed by atoms with van der Waals surface area (Å²) in [6, 6.07) is 21.8. The summed E-state index contributed by atoms with van der Waals surface area (Å²) in [5.74, 6) is -0.183. The maximum absolute atomic E-state index is 12.2. The van der Waals surface area contributed by atoms with Gasteiger partial charge in [-0.05, 0) is 67.1 Å². The summed E-state index contributed by atoms with van der Waals surface area (Å²) in [5, 5.41) is 12.8. The maximum atomic E-state index is 12.2. The SMILES string of the molecule is CC(C)(C)Cc1c(CC(C)(C)C(=O)O)n(Cc2ccc(Cl)cc2)c2ncc(OCc3ccc4ccccc4n3)cc12. The van der Waals surface area contributed by atoms with E-state index < -0.39 is 11.4 Å². The Bertz CT molecular complexity index is 1720. The average Bonchev–Trinajstić information content (AvgIpc) is 3.18. The molecule has 0 unspecified atom stereocenters. The van der Waals surface area contributed by atoms with Crippen LogP contribution in [0, 0.1) is 10.8 Å². The Morgan fingerprint density at radius 1 is 0.976 bits per heavy atom. The minimum atomic E-state index is -0.958. The van der Waals surface area contributed by atoms with Gasteiger partial charge < -0.3 is 14.4 Å². The minimum absolute atomic E-state index is 0.0343. The molecule has 0 spiro atoms. The number of aliphatic carboxylic acids is 1. The molecule has 0 radical (unpaired) electrons. The molecule has 41 heavy (non-hydrogen) atoms. The average molecular weight is 570 g/mol. The van der Waals surface area contributed by atoms with Crippen LogP contribution in [0.3, 0.4) is 0 Å². The molecule has 3 aromatic heterocycles. The standard InChI is InChI=1S/C34H36ClN3O3/c1-33(2,3)17-28-27-16-26(41-21-25-15-12-23-8-6-7-9-29(23)37-25)19-36-31(27)38(20-22-10-13-24(35)14-11-22)30(28)18-34(4,5)32(39)40/h6-16,19H,17-18,20-21H2,1-5H3,(H,39,40). The van der Waals surface area contributed by atoms with E-state index in [9.17, 15) is 9.90 Å². The van der Waals surface area contributed by atoms with E-state index in [-0.39, 0.29) is 5.41 Å². The Kier molecular flexibility index (Phi) is 7.80. The molecule has 0 saturated heterocycles. The number of ether oxygens (including phenoxy) is 1. The number of rotatable bonds is 9. The van der Waals surface area contributed by atoms with Crippen molar-refractivity contribution in [3.8, 4) is 5.75 Å². The van der Waals surface area contributed by atoms with Gasteiger partial charge >= 0.3 is 5.97 Å². The lowest BCUT2D eigenvalue weighted by atomic mass is 9.82. The minimum Gasteiger partial charge on any atom is -0.486 e. The first-order chi connectivity index (χ1) is 19.4. The van der Waals surface area contributed by atoms with Crippen LogP contribution in [0.1, 0.15) is 57.1 Å². The van der Waals surface area contributed by atoms with Crippen LogP contribution < -0.4 is 4.74 Å². The molecule has 5 rings (SSSR count). The van der Waals surface area contributed by atoms with E-state index in [4.69, 9.17) is 26.3 Å². The van der Waals surface area contributed by atoms with Crippen LogP contribution in [-0.4, -0.2) is 25.6 Å². The zero-order chi connectivity index (χ0) is 29.4. The van der Waals surface area contributed by atoms with Gasteiger partial charge in [-0.2, -0.15) is 0 Å². The van der Waals surface area contributed by atoms with Crippen LogP contribution in [0.2, 0.25) is 5.02 Å². The van der Waals surface area contributed by atoms with Crippen molar-refractivity contribution in [2.45, 2.75) is 60.6 Å². The van der Waals surface area contributed by atoms with Crippen molar-refractivity contribution in [3.05, 3.63) is 100 Å². The van der Waals surface area contributed by atoms with E-state index in [2.05, 4.69) is 31.4 Å². The van der Waals surface area contributed by atoms with Gasteiger partial charge in [0.1, 0.15) is 18.0 Å². The van der Waals surface area contributed by atoms with E-state index in [1.807, 2.05) is 60.7 Å². The Morgan fingerprint density at radius 3 is 2.41 bits per heavy atom. The number of pyridine rings is 2. The van der Waals surface area contributed by atoms with Crippen molar-refractivity contribution in [2.75, 3.05) is 0 Å². The van der Waals surface area contributed by atoms with Crippen molar-refractivity contribution in [2.24, 2.45) is 10.8 Å². The third-order valence-electron chi connectivity index (χ3n) is 7.29. The Labute approximate surface area is 246 Å². The van der Waals surface area contributed by atoms with Crippen LogP contribution in [0.5, 0.6) is 5.75 Å². The number of halogens is 1. The van der Waals surface area contributed by atoms with Crippen LogP contribution in [-0.2, 0) is 30.8 Å². The fourth-order valence-corrected chi connectivity index (χ4v) is 5.24. The molecule has 0 aliphatic carbocycles. The van der Waals surface area contributed by atoms with E-state index in [1.165, 1.54) is 0 Å². The highest BCUT2D eigenvalue weighted by molar-refractivity contribution is 6.30. The van der Waals surface area contributed by atoms with Gasteiger partial charge in [0.15, 0.2) is 0 Å². The van der Waals surface area contributed by atoms with Crippen LogP contribution in [0.4, 0.5) is 0 Å². The number of hydrogen-bond acceptors (Lipinski definition) is 4. The molecule has 6 nitrogen and oxygen atoms in total. The lowest BCUT2D eigenvalue weighted by Crippen LogP contribution is -2.28. The molecule has 0 aliphatic heterocycles. The zero-order valence-electron chi connectivity index (χ0n) is 24.2. The van der Waals surface area contributed by atoms with Crippen molar-refractivity contribution >= 4 is 39.5 Å². The predicted octanol–water partition coefficient (Wildman–Crippen LogP) is 8.11. The van der Waals surface area contributed by atoms with Gasteiger partial charge in [0.05, 0.1) is 22.8 Å². The number of hydrogen-bond donors (Lipinski definition) is 1. The highest BCUT2D eigenvalue weighted by atomic mass is 35.5. The van der Waals surface area contributed by atoms with Crippen molar-refractivity contribution in [3.63, 3.8) is 0 Å². The Balaban J connectivity index is 1.58. The normalized spacial score (nSPS) is 12.2. The summed E-state index contributed by atoms with van der Waals surface area (Å²) in [4.78, 5) is 21.9. The first-order valence-electron chi connectivity index (χ1n) is 13.8.